The molecule has 0 unspecified atom stereocenters. The van der Waals surface area contributed by atoms with Crippen LogP contribution in [0.5, 0.6) is 0 Å². The van der Waals surface area contributed by atoms with Crippen LogP contribution in [0.4, 0.5) is 5.69 Å². The van der Waals surface area contributed by atoms with Gasteiger partial charge < -0.3 is 9.84 Å². The van der Waals surface area contributed by atoms with Crippen LogP contribution in [0, 0.1) is 18.3 Å². The van der Waals surface area contributed by atoms with Crippen LogP contribution in [-0.4, -0.2) is 11.1 Å². The van der Waals surface area contributed by atoms with Gasteiger partial charge in [-0.2, -0.15) is 5.26 Å². The molecule has 1 amide bonds. The van der Waals surface area contributed by atoms with Crippen molar-refractivity contribution >= 4 is 11.6 Å². The molecule has 17 heavy (non-hydrogen) atoms. The molecule has 0 aliphatic rings. The van der Waals surface area contributed by atoms with E-state index in [0.29, 0.717) is 22.5 Å². The number of carbonyl (C=O) groups excluding carboxylic acids is 1. The Kier molecular flexibility index (Phi) is 2.88. The number of hydrogen-bond donors (Lipinski definition) is 1. The van der Waals surface area contributed by atoms with Crippen molar-refractivity contribution in [2.24, 2.45) is 0 Å². The van der Waals surface area contributed by atoms with Crippen molar-refractivity contribution in [1.29, 1.82) is 5.26 Å². The second-order valence-electron chi connectivity index (χ2n) is 3.43. The van der Waals surface area contributed by atoms with Crippen molar-refractivity contribution in [1.82, 2.24) is 5.16 Å². The lowest BCUT2D eigenvalue weighted by atomic mass is 10.2. The Balaban J connectivity index is 2.26. The van der Waals surface area contributed by atoms with Gasteiger partial charge in [-0.3, -0.25) is 4.79 Å². The van der Waals surface area contributed by atoms with Gasteiger partial charge in [0.05, 0.1) is 16.9 Å². The first-order valence-corrected chi connectivity index (χ1v) is 4.94. The molecule has 0 atom stereocenters. The van der Waals surface area contributed by atoms with Crippen LogP contribution in [0.25, 0.3) is 0 Å². The Hall–Kier alpha value is -2.61. The maximum atomic E-state index is 11.8. The van der Waals surface area contributed by atoms with Gasteiger partial charge in [0, 0.05) is 0 Å². The van der Waals surface area contributed by atoms with Crippen molar-refractivity contribution in [3.8, 4) is 6.07 Å². The Labute approximate surface area is 97.7 Å². The molecule has 5 nitrogen and oxygen atoms in total. The zero-order valence-corrected chi connectivity index (χ0v) is 9.10. The average molecular weight is 227 g/mol. The van der Waals surface area contributed by atoms with Gasteiger partial charge in [0.1, 0.15) is 17.9 Å². The summed E-state index contributed by atoms with van der Waals surface area (Å²) in [5.74, 6) is -0.341. The van der Waals surface area contributed by atoms with Gasteiger partial charge in [-0.15, -0.1) is 0 Å². The minimum atomic E-state index is -0.341. The van der Waals surface area contributed by atoms with Gasteiger partial charge >= 0.3 is 0 Å². The summed E-state index contributed by atoms with van der Waals surface area (Å²) >= 11 is 0. The van der Waals surface area contributed by atoms with Crippen molar-refractivity contribution < 1.29 is 9.32 Å². The van der Waals surface area contributed by atoms with Gasteiger partial charge in [0.2, 0.25) is 0 Å². The summed E-state index contributed by atoms with van der Waals surface area (Å²) in [5, 5.41) is 15.1. The molecule has 0 fully saturated rings. The lowest BCUT2D eigenvalue weighted by molar-refractivity contribution is 0.102. The molecule has 1 N–H and O–H groups in total. The normalized spacial score (nSPS) is 9.65. The molecule has 0 saturated heterocycles. The molecule has 0 bridgehead atoms. The summed E-state index contributed by atoms with van der Waals surface area (Å²) in [6.07, 6.45) is 1.28. The first kappa shape index (κ1) is 10.9. The third kappa shape index (κ3) is 2.16. The van der Waals surface area contributed by atoms with Crippen molar-refractivity contribution in [3.05, 3.63) is 47.3 Å². The first-order chi connectivity index (χ1) is 8.22. The van der Waals surface area contributed by atoms with E-state index in [1.165, 1.54) is 6.26 Å². The highest BCUT2D eigenvalue weighted by atomic mass is 16.5. The lowest BCUT2D eigenvalue weighted by Gasteiger charge is -2.05. The Morgan fingerprint density at radius 1 is 1.47 bits per heavy atom. The van der Waals surface area contributed by atoms with Gasteiger partial charge in [-0.1, -0.05) is 17.3 Å². The second-order valence-corrected chi connectivity index (χ2v) is 3.43. The van der Waals surface area contributed by atoms with Crippen LogP contribution >= 0.6 is 0 Å². The molecule has 0 saturated carbocycles. The quantitative estimate of drug-likeness (QED) is 0.852. The van der Waals surface area contributed by atoms with Crippen molar-refractivity contribution in [3.63, 3.8) is 0 Å². The van der Waals surface area contributed by atoms with E-state index in [0.717, 1.165) is 0 Å². The summed E-state index contributed by atoms with van der Waals surface area (Å²) in [4.78, 5) is 11.8. The molecule has 5 heteroatoms. The van der Waals surface area contributed by atoms with Crippen molar-refractivity contribution in [2.75, 3.05) is 5.32 Å². The zero-order chi connectivity index (χ0) is 12.3. The number of anilines is 1. The predicted octanol–water partition coefficient (Wildman–Crippen LogP) is 2.11. The summed E-state index contributed by atoms with van der Waals surface area (Å²) in [5.41, 5.74) is 1.75. The third-order valence-electron chi connectivity index (χ3n) is 2.29. The third-order valence-corrected chi connectivity index (χ3v) is 2.29. The van der Waals surface area contributed by atoms with Gasteiger partial charge in [0.25, 0.3) is 5.91 Å². The fourth-order valence-corrected chi connectivity index (χ4v) is 1.39. The predicted molar refractivity (Wildman–Crippen MR) is 60.4 cm³/mol. The van der Waals surface area contributed by atoms with E-state index in [2.05, 4.69) is 15.0 Å². The Bertz CT molecular complexity index is 596. The molecule has 0 spiro atoms. The molecule has 1 aromatic heterocycles. The number of nitriles is 1. The minimum Gasteiger partial charge on any atom is -0.364 e. The number of aryl methyl sites for hydroxylation is 1. The first-order valence-electron chi connectivity index (χ1n) is 4.94. The molecular formula is C12H9N3O2. The second kappa shape index (κ2) is 4.49. The Morgan fingerprint density at radius 3 is 2.88 bits per heavy atom. The molecular weight excluding hydrogens is 218 g/mol. The van der Waals surface area contributed by atoms with Crippen molar-refractivity contribution in [2.45, 2.75) is 6.92 Å². The minimum absolute atomic E-state index is 0.341. The average Bonchev–Trinajstić information content (AvgIpc) is 2.76. The zero-order valence-electron chi connectivity index (χ0n) is 9.10. The van der Waals surface area contributed by atoms with Gasteiger partial charge in [0.15, 0.2) is 0 Å². The van der Waals surface area contributed by atoms with E-state index in [-0.39, 0.29) is 5.91 Å². The molecule has 84 valence electrons. The molecule has 0 aliphatic heterocycles. The number of para-hydroxylation sites is 1. The van der Waals surface area contributed by atoms with Crippen LogP contribution in [0.15, 0.2) is 35.1 Å². The number of aromatic nitrogens is 1. The Morgan fingerprint density at radius 2 is 2.24 bits per heavy atom. The standard InChI is InChI=1S/C12H9N3O2/c1-8-10(7-17-15-8)12(16)14-11-5-3-2-4-9(11)6-13/h2-5,7H,1H3,(H,14,16). The summed E-state index contributed by atoms with van der Waals surface area (Å²) in [6, 6.07) is 8.79. The number of nitrogens with zero attached hydrogens (tertiary/aromatic N) is 2. The molecule has 1 aromatic carbocycles. The van der Waals surface area contributed by atoms with Gasteiger partial charge in [-0.05, 0) is 19.1 Å². The SMILES string of the molecule is Cc1nocc1C(=O)Nc1ccccc1C#N. The fourth-order valence-electron chi connectivity index (χ4n) is 1.39. The molecule has 1 heterocycles. The maximum absolute atomic E-state index is 11.8. The number of rotatable bonds is 2. The monoisotopic (exact) mass is 227 g/mol. The van der Waals surface area contributed by atoms with Gasteiger partial charge in [-0.25, -0.2) is 0 Å². The van der Waals surface area contributed by atoms with E-state index in [1.807, 2.05) is 6.07 Å². The van der Waals surface area contributed by atoms with E-state index >= 15 is 0 Å². The van der Waals surface area contributed by atoms with Crippen LogP contribution in [0.1, 0.15) is 21.6 Å². The number of nitrogens with one attached hydrogen (secondary N) is 1. The maximum Gasteiger partial charge on any atom is 0.260 e. The summed E-state index contributed by atoms with van der Waals surface area (Å²) < 4.78 is 4.68. The summed E-state index contributed by atoms with van der Waals surface area (Å²) in [6.45, 7) is 1.68. The molecule has 2 rings (SSSR count). The molecule has 0 radical (unpaired) electrons. The molecule has 0 aliphatic carbocycles. The van der Waals surface area contributed by atoms with Crippen LogP contribution in [0.2, 0.25) is 0 Å². The molecule has 2 aromatic rings. The van der Waals surface area contributed by atoms with E-state index in [1.54, 1.807) is 31.2 Å². The highest BCUT2D eigenvalue weighted by molar-refractivity contribution is 6.05. The largest absolute Gasteiger partial charge is 0.364 e. The summed E-state index contributed by atoms with van der Waals surface area (Å²) in [7, 11) is 0. The van der Waals surface area contributed by atoms with E-state index < -0.39 is 0 Å². The smallest absolute Gasteiger partial charge is 0.260 e. The highest BCUT2D eigenvalue weighted by Crippen LogP contribution is 2.15. The lowest BCUT2D eigenvalue weighted by Crippen LogP contribution is -2.13. The number of hydrogen-bond acceptors (Lipinski definition) is 4. The number of benzene rings is 1. The van der Waals surface area contributed by atoms with Crippen LogP contribution in [-0.2, 0) is 0 Å². The van der Waals surface area contributed by atoms with E-state index in [9.17, 15) is 4.79 Å². The van der Waals surface area contributed by atoms with E-state index in [4.69, 9.17) is 5.26 Å². The highest BCUT2D eigenvalue weighted by Gasteiger charge is 2.13. The topological polar surface area (TPSA) is 78.9 Å². The number of amides is 1. The van der Waals surface area contributed by atoms with Crippen LogP contribution < -0.4 is 5.32 Å². The van der Waals surface area contributed by atoms with Crippen LogP contribution in [0.3, 0.4) is 0 Å². The fraction of sp³-hybridized carbons (Fsp3) is 0.0833. The number of carbonyl (C=O) groups is 1.